The van der Waals surface area contributed by atoms with Gasteiger partial charge in [0, 0.05) is 15.6 Å². The first-order valence-electron chi connectivity index (χ1n) is 10.6. The summed E-state index contributed by atoms with van der Waals surface area (Å²) in [6.45, 7) is 8.14. The second-order valence-corrected chi connectivity index (χ2v) is 9.68. The number of carbonyl (C=O) groups is 2. The number of ketones is 1. The van der Waals surface area contributed by atoms with Crippen LogP contribution in [0.15, 0.2) is 59.1 Å². The Kier molecular flexibility index (Phi) is 5.82. The normalized spacial score (nSPS) is 17.6. The third-order valence-electron chi connectivity index (χ3n) is 6.24. The molecule has 0 bridgehead atoms. The van der Waals surface area contributed by atoms with Gasteiger partial charge in [0.15, 0.2) is 11.4 Å². The van der Waals surface area contributed by atoms with Gasteiger partial charge < -0.3 is 10.0 Å². The first-order chi connectivity index (χ1) is 15.1. The monoisotopic (exact) mass is 491 g/mol. The van der Waals surface area contributed by atoms with E-state index >= 15 is 0 Å². The molecule has 0 fully saturated rings. The molecule has 0 unspecified atom stereocenters. The van der Waals surface area contributed by atoms with Crippen molar-refractivity contribution in [3.05, 3.63) is 98.0 Å². The van der Waals surface area contributed by atoms with Gasteiger partial charge in [-0.2, -0.15) is 0 Å². The highest BCUT2D eigenvalue weighted by Gasteiger charge is 2.51. The molecule has 1 aliphatic rings. The number of amides is 1. The van der Waals surface area contributed by atoms with E-state index in [4.69, 9.17) is 0 Å². The molecule has 0 aliphatic carbocycles. The molecule has 4 nitrogen and oxygen atoms in total. The van der Waals surface area contributed by atoms with Crippen molar-refractivity contribution >= 4 is 33.3 Å². The van der Waals surface area contributed by atoms with Crippen molar-refractivity contribution < 1.29 is 14.7 Å². The highest BCUT2D eigenvalue weighted by Crippen LogP contribution is 2.45. The lowest BCUT2D eigenvalue weighted by atomic mass is 9.87. The van der Waals surface area contributed by atoms with E-state index < -0.39 is 11.5 Å². The molecule has 5 heteroatoms. The fourth-order valence-electron chi connectivity index (χ4n) is 4.36. The minimum absolute atomic E-state index is 0.249. The Hall–Kier alpha value is -2.76. The molecule has 4 rings (SSSR count). The van der Waals surface area contributed by atoms with Crippen molar-refractivity contribution in [3.63, 3.8) is 0 Å². The quantitative estimate of drug-likeness (QED) is 0.466. The summed E-state index contributed by atoms with van der Waals surface area (Å²) in [5.74, 6) is -0.716. The number of Topliss-reactive ketones (excluding diaryl/α,β-unsaturated/α-hetero) is 1. The van der Waals surface area contributed by atoms with Gasteiger partial charge in [0.05, 0.1) is 18.7 Å². The number of benzene rings is 3. The average molecular weight is 492 g/mol. The molecule has 0 radical (unpaired) electrons. The summed E-state index contributed by atoms with van der Waals surface area (Å²) in [6, 6.07) is 17.2. The number of hydrogen-bond acceptors (Lipinski definition) is 3. The lowest BCUT2D eigenvalue weighted by Gasteiger charge is -2.24. The third kappa shape index (κ3) is 3.91. The molecular formula is C27H26BrNO3. The zero-order chi connectivity index (χ0) is 23.2. The number of nitrogens with zero attached hydrogens (tertiary/aromatic N) is 1. The van der Waals surface area contributed by atoms with Crippen molar-refractivity contribution in [1.29, 1.82) is 0 Å². The molecule has 1 heterocycles. The van der Waals surface area contributed by atoms with Gasteiger partial charge >= 0.3 is 0 Å². The topological polar surface area (TPSA) is 57.6 Å². The van der Waals surface area contributed by atoms with Crippen molar-refractivity contribution in [2.24, 2.45) is 0 Å². The van der Waals surface area contributed by atoms with Gasteiger partial charge in [0.2, 0.25) is 0 Å². The first kappa shape index (κ1) is 22.4. The van der Waals surface area contributed by atoms with Crippen molar-refractivity contribution in [2.75, 3.05) is 4.90 Å². The predicted molar refractivity (Wildman–Crippen MR) is 130 cm³/mol. The Morgan fingerprint density at radius 2 is 1.59 bits per heavy atom. The summed E-state index contributed by atoms with van der Waals surface area (Å²) in [5, 5.41) is 11.7. The maximum absolute atomic E-state index is 13.6. The van der Waals surface area contributed by atoms with Gasteiger partial charge in [-0.25, -0.2) is 0 Å². The largest absolute Gasteiger partial charge is 0.375 e. The lowest BCUT2D eigenvalue weighted by Crippen LogP contribution is -2.41. The van der Waals surface area contributed by atoms with E-state index in [0.29, 0.717) is 23.4 Å². The Balaban J connectivity index is 1.75. The number of halogens is 1. The molecular weight excluding hydrogens is 466 g/mol. The second-order valence-electron chi connectivity index (χ2n) is 8.76. The molecule has 3 aromatic rings. The van der Waals surface area contributed by atoms with Gasteiger partial charge in [-0.1, -0.05) is 57.4 Å². The highest BCUT2D eigenvalue weighted by atomic mass is 79.9. The molecule has 0 aromatic heterocycles. The Labute approximate surface area is 197 Å². The molecule has 1 amide bonds. The molecule has 0 spiro atoms. The SMILES string of the molecule is Cc1ccc(C)c(CN2C(=O)[C@](O)(CC(=O)c3cc(C)ccc3C)c3cc(Br)ccc32)c1. The Bertz CT molecular complexity index is 1250. The molecule has 1 N–H and O–H groups in total. The van der Waals surface area contributed by atoms with E-state index in [-0.39, 0.29) is 12.2 Å². The lowest BCUT2D eigenvalue weighted by molar-refractivity contribution is -0.136. The zero-order valence-electron chi connectivity index (χ0n) is 18.7. The first-order valence-corrected chi connectivity index (χ1v) is 11.4. The fraction of sp³-hybridized carbons (Fsp3) is 0.259. The summed E-state index contributed by atoms with van der Waals surface area (Å²) in [4.78, 5) is 28.5. The van der Waals surface area contributed by atoms with Crippen LogP contribution in [0.2, 0.25) is 0 Å². The number of rotatable bonds is 5. The van der Waals surface area contributed by atoms with Gasteiger partial charge in [-0.15, -0.1) is 0 Å². The van der Waals surface area contributed by atoms with Crippen LogP contribution >= 0.6 is 15.9 Å². The summed E-state index contributed by atoms with van der Waals surface area (Å²) >= 11 is 3.45. The van der Waals surface area contributed by atoms with Gasteiger partial charge in [0.1, 0.15) is 0 Å². The number of carbonyl (C=O) groups excluding carboxylic acids is 2. The molecule has 1 aliphatic heterocycles. The van der Waals surface area contributed by atoms with Crippen LogP contribution in [-0.4, -0.2) is 16.8 Å². The number of fused-ring (bicyclic) bond motifs is 1. The molecule has 3 aromatic carbocycles. The Morgan fingerprint density at radius 3 is 2.31 bits per heavy atom. The van der Waals surface area contributed by atoms with Crippen molar-refractivity contribution in [3.8, 4) is 0 Å². The molecule has 0 saturated heterocycles. The summed E-state index contributed by atoms with van der Waals surface area (Å²) in [5.41, 5.74) is 4.70. The number of aliphatic hydroxyl groups is 1. The van der Waals surface area contributed by atoms with Crippen molar-refractivity contribution in [1.82, 2.24) is 0 Å². The molecule has 164 valence electrons. The van der Waals surface area contributed by atoms with E-state index in [2.05, 4.69) is 22.0 Å². The van der Waals surface area contributed by atoms with Crippen LogP contribution in [-0.2, 0) is 16.9 Å². The molecule has 1 atom stereocenters. The van der Waals surface area contributed by atoms with E-state index in [1.807, 2.05) is 70.2 Å². The average Bonchev–Trinajstić information content (AvgIpc) is 2.93. The summed E-state index contributed by atoms with van der Waals surface area (Å²) in [7, 11) is 0. The zero-order valence-corrected chi connectivity index (χ0v) is 20.3. The highest BCUT2D eigenvalue weighted by molar-refractivity contribution is 9.10. The maximum Gasteiger partial charge on any atom is 0.264 e. The van der Waals surface area contributed by atoms with Crippen LogP contribution in [0.5, 0.6) is 0 Å². The smallest absolute Gasteiger partial charge is 0.264 e. The number of anilines is 1. The molecule has 32 heavy (non-hydrogen) atoms. The van der Waals surface area contributed by atoms with Crippen LogP contribution in [0.25, 0.3) is 0 Å². The van der Waals surface area contributed by atoms with E-state index in [0.717, 1.165) is 32.3 Å². The van der Waals surface area contributed by atoms with E-state index in [1.165, 1.54) is 0 Å². The van der Waals surface area contributed by atoms with E-state index in [9.17, 15) is 14.7 Å². The maximum atomic E-state index is 13.6. The predicted octanol–water partition coefficient (Wildman–Crippen LogP) is 5.69. The number of aryl methyl sites for hydroxylation is 4. The van der Waals surface area contributed by atoms with Crippen LogP contribution in [0.1, 0.15) is 50.2 Å². The molecule has 0 saturated carbocycles. The standard InChI is InChI=1S/C27H26BrNO3/c1-16-5-7-18(3)20(11-16)15-29-24-10-9-21(28)13-23(24)27(32,26(29)31)14-25(30)22-12-17(2)6-8-19(22)4/h5-13,32H,14-15H2,1-4H3/t27-/m0/s1. The van der Waals surface area contributed by atoms with Crippen LogP contribution < -0.4 is 4.90 Å². The van der Waals surface area contributed by atoms with E-state index in [1.54, 1.807) is 11.0 Å². The van der Waals surface area contributed by atoms with Crippen molar-refractivity contribution in [2.45, 2.75) is 46.3 Å². The minimum atomic E-state index is -1.91. The van der Waals surface area contributed by atoms with Gasteiger partial charge in [0.25, 0.3) is 5.91 Å². The fourth-order valence-corrected chi connectivity index (χ4v) is 4.72. The van der Waals surface area contributed by atoms with Gasteiger partial charge in [-0.05, 0) is 68.7 Å². The number of hydrogen-bond donors (Lipinski definition) is 1. The minimum Gasteiger partial charge on any atom is -0.375 e. The van der Waals surface area contributed by atoms with Crippen LogP contribution in [0, 0.1) is 27.7 Å². The van der Waals surface area contributed by atoms with Gasteiger partial charge in [-0.3, -0.25) is 9.59 Å². The summed E-state index contributed by atoms with van der Waals surface area (Å²) < 4.78 is 0.746. The summed E-state index contributed by atoms with van der Waals surface area (Å²) in [6.07, 6.45) is -0.303. The van der Waals surface area contributed by atoms with Crippen LogP contribution in [0.3, 0.4) is 0 Å². The van der Waals surface area contributed by atoms with Crippen LogP contribution in [0.4, 0.5) is 5.69 Å². The second kappa shape index (κ2) is 8.30. The Morgan fingerprint density at radius 1 is 0.938 bits per heavy atom. The third-order valence-corrected chi connectivity index (χ3v) is 6.73.